The molecule has 0 aromatic heterocycles. The average Bonchev–Trinajstić information content (AvgIpc) is 2.53. The van der Waals surface area contributed by atoms with Crippen LogP contribution in [0.4, 0.5) is 0 Å². The van der Waals surface area contributed by atoms with Gasteiger partial charge in [0.1, 0.15) is 5.56 Å². The molecule has 0 bridgehead atoms. The Bertz CT molecular complexity index is 718. The molecule has 2 aromatic carbocycles. The van der Waals surface area contributed by atoms with Crippen LogP contribution >= 0.6 is 0 Å². The van der Waals surface area contributed by atoms with E-state index in [1.165, 1.54) is 32.4 Å². The van der Waals surface area contributed by atoms with E-state index in [2.05, 4.69) is 0 Å². The van der Waals surface area contributed by atoms with Crippen LogP contribution in [-0.2, 0) is 0 Å². The first-order valence-electron chi connectivity index (χ1n) is 6.31. The van der Waals surface area contributed by atoms with Gasteiger partial charge < -0.3 is 19.7 Å². The molecule has 0 saturated heterocycles. The Hall–Kier alpha value is -3.02. The third-order valence-electron chi connectivity index (χ3n) is 3.19. The van der Waals surface area contributed by atoms with Gasteiger partial charge in [0.15, 0.2) is 11.5 Å². The quantitative estimate of drug-likeness (QED) is 0.882. The number of rotatable bonds is 5. The minimum absolute atomic E-state index is 0.00902. The average molecular weight is 302 g/mol. The van der Waals surface area contributed by atoms with Crippen LogP contribution in [0.25, 0.3) is 11.1 Å². The molecule has 0 saturated carbocycles. The summed E-state index contributed by atoms with van der Waals surface area (Å²) in [6, 6.07) is 9.20. The zero-order valence-corrected chi connectivity index (χ0v) is 12.0. The fourth-order valence-electron chi connectivity index (χ4n) is 2.16. The van der Waals surface area contributed by atoms with E-state index < -0.39 is 11.9 Å². The zero-order chi connectivity index (χ0) is 16.3. The number of ether oxygens (including phenoxy) is 2. The molecule has 2 rings (SSSR count). The molecule has 0 aliphatic carbocycles. The number of hydrogen-bond donors (Lipinski definition) is 2. The van der Waals surface area contributed by atoms with Gasteiger partial charge in [0.05, 0.1) is 19.8 Å². The highest BCUT2D eigenvalue weighted by atomic mass is 16.5. The maximum absolute atomic E-state index is 11.2. The third-order valence-corrected chi connectivity index (χ3v) is 3.19. The Morgan fingerprint density at radius 2 is 1.41 bits per heavy atom. The van der Waals surface area contributed by atoms with Crippen LogP contribution in [0.15, 0.2) is 36.4 Å². The predicted octanol–water partition coefficient (Wildman–Crippen LogP) is 2.77. The number of hydrogen-bond acceptors (Lipinski definition) is 4. The van der Waals surface area contributed by atoms with Crippen molar-refractivity contribution in [3.05, 3.63) is 47.5 Å². The topological polar surface area (TPSA) is 93.1 Å². The van der Waals surface area contributed by atoms with Crippen LogP contribution in [0.1, 0.15) is 20.7 Å². The van der Waals surface area contributed by atoms with E-state index in [0.29, 0.717) is 11.1 Å². The standard InChI is InChI=1S/C16H14O6/c1-21-13-11(7-8-12(16(19)20)14(13)22-2)9-3-5-10(6-4-9)15(17)18/h3-8H,1-2H3,(H,17,18)(H,19,20). The lowest BCUT2D eigenvalue weighted by atomic mass is 10.00. The van der Waals surface area contributed by atoms with Crippen molar-refractivity contribution in [1.82, 2.24) is 0 Å². The monoisotopic (exact) mass is 302 g/mol. The first-order valence-corrected chi connectivity index (χ1v) is 6.31. The second-order valence-electron chi connectivity index (χ2n) is 4.41. The summed E-state index contributed by atoms with van der Waals surface area (Å²) in [6.45, 7) is 0. The van der Waals surface area contributed by atoms with Gasteiger partial charge in [0, 0.05) is 5.56 Å². The summed E-state index contributed by atoms with van der Waals surface area (Å²) < 4.78 is 10.4. The van der Waals surface area contributed by atoms with Gasteiger partial charge in [0.2, 0.25) is 0 Å². The molecule has 0 amide bonds. The molecule has 6 nitrogen and oxygen atoms in total. The van der Waals surface area contributed by atoms with Crippen molar-refractivity contribution < 1.29 is 29.3 Å². The molecule has 0 spiro atoms. The SMILES string of the molecule is COc1c(C(=O)O)ccc(-c2ccc(C(=O)O)cc2)c1OC. The van der Waals surface area contributed by atoms with E-state index in [9.17, 15) is 14.7 Å². The minimum atomic E-state index is -1.12. The van der Waals surface area contributed by atoms with Crippen molar-refractivity contribution in [2.24, 2.45) is 0 Å². The summed E-state index contributed by atoms with van der Waals surface area (Å²) in [6.07, 6.45) is 0. The van der Waals surface area contributed by atoms with Gasteiger partial charge in [-0.25, -0.2) is 9.59 Å². The van der Waals surface area contributed by atoms with Crippen molar-refractivity contribution in [3.63, 3.8) is 0 Å². The summed E-state index contributed by atoms with van der Waals surface area (Å²) in [7, 11) is 2.78. The molecule has 0 unspecified atom stereocenters. The predicted molar refractivity (Wildman–Crippen MR) is 78.9 cm³/mol. The van der Waals surface area contributed by atoms with Gasteiger partial charge in [-0.05, 0) is 29.8 Å². The molecular formula is C16H14O6. The van der Waals surface area contributed by atoms with Crippen LogP contribution in [-0.4, -0.2) is 36.4 Å². The van der Waals surface area contributed by atoms with Crippen LogP contribution < -0.4 is 9.47 Å². The van der Waals surface area contributed by atoms with Crippen LogP contribution in [0.5, 0.6) is 11.5 Å². The minimum Gasteiger partial charge on any atom is -0.492 e. The Morgan fingerprint density at radius 3 is 1.86 bits per heavy atom. The molecule has 0 aliphatic rings. The second kappa shape index (κ2) is 6.17. The number of carboxylic acids is 2. The Labute approximate surface area is 126 Å². The molecule has 0 heterocycles. The smallest absolute Gasteiger partial charge is 0.339 e. The van der Waals surface area contributed by atoms with E-state index in [4.69, 9.17) is 14.6 Å². The van der Waals surface area contributed by atoms with Gasteiger partial charge in [-0.1, -0.05) is 12.1 Å². The van der Waals surface area contributed by atoms with E-state index in [1.807, 2.05) is 0 Å². The summed E-state index contributed by atoms with van der Waals surface area (Å²) >= 11 is 0. The molecule has 114 valence electrons. The van der Waals surface area contributed by atoms with E-state index in [-0.39, 0.29) is 22.6 Å². The maximum Gasteiger partial charge on any atom is 0.339 e. The van der Waals surface area contributed by atoms with Gasteiger partial charge in [-0.15, -0.1) is 0 Å². The number of benzene rings is 2. The number of methoxy groups -OCH3 is 2. The summed E-state index contributed by atoms with van der Waals surface area (Å²) in [5.74, 6) is -1.74. The van der Waals surface area contributed by atoms with E-state index in [1.54, 1.807) is 18.2 Å². The van der Waals surface area contributed by atoms with Gasteiger partial charge in [-0.2, -0.15) is 0 Å². The third kappa shape index (κ3) is 2.71. The zero-order valence-electron chi connectivity index (χ0n) is 12.0. The molecule has 0 atom stereocenters. The highest BCUT2D eigenvalue weighted by Crippen LogP contribution is 2.40. The molecule has 0 aliphatic heterocycles. The summed E-state index contributed by atoms with van der Waals surface area (Å²) in [5.41, 5.74) is 1.46. The van der Waals surface area contributed by atoms with Crippen molar-refractivity contribution in [2.45, 2.75) is 0 Å². The number of aromatic carboxylic acids is 2. The van der Waals surface area contributed by atoms with Crippen LogP contribution in [0.3, 0.4) is 0 Å². The van der Waals surface area contributed by atoms with E-state index >= 15 is 0 Å². The highest BCUT2D eigenvalue weighted by Gasteiger charge is 2.20. The highest BCUT2D eigenvalue weighted by molar-refractivity contribution is 5.94. The lowest BCUT2D eigenvalue weighted by molar-refractivity contribution is 0.0683. The van der Waals surface area contributed by atoms with Crippen molar-refractivity contribution in [1.29, 1.82) is 0 Å². The lowest BCUT2D eigenvalue weighted by Crippen LogP contribution is -2.03. The van der Waals surface area contributed by atoms with E-state index in [0.717, 1.165) is 0 Å². The number of carbonyl (C=O) groups is 2. The Balaban J connectivity index is 2.60. The normalized spacial score (nSPS) is 10.1. The molecule has 22 heavy (non-hydrogen) atoms. The molecule has 6 heteroatoms. The van der Waals surface area contributed by atoms with Crippen molar-refractivity contribution >= 4 is 11.9 Å². The molecular weight excluding hydrogens is 288 g/mol. The Kier molecular flexibility index (Phi) is 4.31. The molecule has 0 fully saturated rings. The molecule has 0 radical (unpaired) electrons. The fourth-order valence-corrected chi connectivity index (χ4v) is 2.16. The van der Waals surface area contributed by atoms with Crippen LogP contribution in [0, 0.1) is 0 Å². The maximum atomic E-state index is 11.2. The molecule has 2 N–H and O–H groups in total. The number of carboxylic acid groups (broad SMARTS) is 2. The lowest BCUT2D eigenvalue weighted by Gasteiger charge is -2.15. The van der Waals surface area contributed by atoms with Gasteiger partial charge in [0.25, 0.3) is 0 Å². The van der Waals surface area contributed by atoms with Gasteiger partial charge in [-0.3, -0.25) is 0 Å². The van der Waals surface area contributed by atoms with Gasteiger partial charge >= 0.3 is 11.9 Å². The molecule has 2 aromatic rings. The Morgan fingerprint density at radius 1 is 0.818 bits per heavy atom. The summed E-state index contributed by atoms with van der Waals surface area (Å²) in [5, 5.41) is 18.1. The van der Waals surface area contributed by atoms with Crippen LogP contribution in [0.2, 0.25) is 0 Å². The first kappa shape index (κ1) is 15.4. The first-order chi connectivity index (χ1) is 10.5. The summed E-state index contributed by atoms with van der Waals surface area (Å²) in [4.78, 5) is 22.1. The fraction of sp³-hybridized carbons (Fsp3) is 0.125. The largest absolute Gasteiger partial charge is 0.492 e. The second-order valence-corrected chi connectivity index (χ2v) is 4.41. The van der Waals surface area contributed by atoms with Crippen molar-refractivity contribution in [3.8, 4) is 22.6 Å². The van der Waals surface area contributed by atoms with Crippen molar-refractivity contribution in [2.75, 3.05) is 14.2 Å².